The number of aromatic amines is 1. The first kappa shape index (κ1) is 8.25. The van der Waals surface area contributed by atoms with Crippen LogP contribution in [-0.2, 0) is 20.9 Å². The number of carbonyl (C=O) groups excluding carboxylic acids is 1. The molecule has 0 spiro atoms. The molecule has 12 heavy (non-hydrogen) atoms. The third-order valence-electron chi connectivity index (χ3n) is 1.09. The van der Waals surface area contributed by atoms with Gasteiger partial charge in [-0.2, -0.15) is 0 Å². The Morgan fingerprint density at radius 2 is 2.42 bits per heavy atom. The molecule has 2 N–H and O–H groups in total. The summed E-state index contributed by atoms with van der Waals surface area (Å²) in [6.07, 6.45) is 2.85. The highest BCUT2D eigenvalue weighted by Crippen LogP contribution is 1.93. The number of carboxylic acid groups (broad SMARTS) is 1. The van der Waals surface area contributed by atoms with Gasteiger partial charge in [0.05, 0.1) is 18.2 Å². The van der Waals surface area contributed by atoms with Crippen molar-refractivity contribution >= 4 is 11.9 Å². The zero-order valence-corrected chi connectivity index (χ0v) is 5.98. The number of hydrogen-bond acceptors (Lipinski definition) is 4. The smallest absolute Gasteiger partial charge is 0.417 e. The molecule has 0 saturated heterocycles. The fourth-order valence-corrected chi connectivity index (χ4v) is 0.569. The van der Waals surface area contributed by atoms with Gasteiger partial charge in [-0.1, -0.05) is 0 Å². The summed E-state index contributed by atoms with van der Waals surface area (Å²) in [5, 5.41) is 8.11. The summed E-state index contributed by atoms with van der Waals surface area (Å²) in [7, 11) is 0. The average molecular weight is 170 g/mol. The first-order valence-corrected chi connectivity index (χ1v) is 3.07. The number of aliphatic carboxylic acids is 1. The number of H-pyrrole nitrogens is 1. The van der Waals surface area contributed by atoms with Gasteiger partial charge in [0.2, 0.25) is 0 Å². The van der Waals surface area contributed by atoms with E-state index in [1.54, 1.807) is 0 Å². The molecule has 1 rings (SSSR count). The van der Waals surface area contributed by atoms with Crippen LogP contribution in [-0.4, -0.2) is 27.0 Å². The van der Waals surface area contributed by atoms with Crippen molar-refractivity contribution in [3.8, 4) is 0 Å². The Morgan fingerprint density at radius 3 is 2.92 bits per heavy atom. The van der Waals surface area contributed by atoms with E-state index < -0.39 is 11.9 Å². The highest BCUT2D eigenvalue weighted by atomic mass is 16.6. The molecule has 0 fully saturated rings. The maximum atomic E-state index is 10.4. The zero-order valence-electron chi connectivity index (χ0n) is 5.98. The molecular weight excluding hydrogens is 164 g/mol. The number of nitrogens with zero attached hydrogens (tertiary/aromatic N) is 1. The Bertz CT molecular complexity index is 280. The summed E-state index contributed by atoms with van der Waals surface area (Å²) in [5.41, 5.74) is 0.546. The van der Waals surface area contributed by atoms with Gasteiger partial charge >= 0.3 is 11.9 Å². The molecule has 1 aromatic rings. The van der Waals surface area contributed by atoms with Crippen LogP contribution in [0.5, 0.6) is 0 Å². The van der Waals surface area contributed by atoms with Crippen LogP contribution in [0, 0.1) is 0 Å². The van der Waals surface area contributed by atoms with Crippen LogP contribution in [0.25, 0.3) is 0 Å². The van der Waals surface area contributed by atoms with Gasteiger partial charge in [-0.3, -0.25) is 0 Å². The van der Waals surface area contributed by atoms with Crippen molar-refractivity contribution in [2.75, 3.05) is 0 Å². The van der Waals surface area contributed by atoms with Crippen molar-refractivity contribution in [2.45, 2.75) is 6.61 Å². The van der Waals surface area contributed by atoms with Crippen LogP contribution < -0.4 is 0 Å². The average Bonchev–Trinajstić information content (AvgIpc) is 2.51. The van der Waals surface area contributed by atoms with E-state index in [4.69, 9.17) is 5.11 Å². The molecule has 0 radical (unpaired) electrons. The molecule has 0 aliphatic carbocycles. The lowest BCUT2D eigenvalue weighted by Crippen LogP contribution is -2.15. The number of ether oxygens (including phenoxy) is 1. The lowest BCUT2D eigenvalue weighted by Gasteiger charge is -1.97. The first-order chi connectivity index (χ1) is 5.70. The largest absolute Gasteiger partial charge is 0.473 e. The Labute approximate surface area is 67.2 Å². The highest BCUT2D eigenvalue weighted by Gasteiger charge is 2.12. The number of aromatic nitrogens is 2. The lowest BCUT2D eigenvalue weighted by molar-refractivity contribution is -0.164. The number of imidazole rings is 1. The normalized spacial score (nSPS) is 9.33. The van der Waals surface area contributed by atoms with E-state index in [1.165, 1.54) is 12.5 Å². The van der Waals surface area contributed by atoms with Crippen molar-refractivity contribution in [3.63, 3.8) is 0 Å². The van der Waals surface area contributed by atoms with E-state index in [0.717, 1.165) is 0 Å². The van der Waals surface area contributed by atoms with Crippen molar-refractivity contribution < 1.29 is 19.4 Å². The van der Waals surface area contributed by atoms with Crippen LogP contribution >= 0.6 is 0 Å². The predicted molar refractivity (Wildman–Crippen MR) is 36.0 cm³/mol. The first-order valence-electron chi connectivity index (χ1n) is 3.07. The van der Waals surface area contributed by atoms with Crippen molar-refractivity contribution in [2.24, 2.45) is 0 Å². The number of carbonyl (C=O) groups is 2. The van der Waals surface area contributed by atoms with Gasteiger partial charge in [-0.05, 0) is 0 Å². The maximum Gasteiger partial charge on any atom is 0.417 e. The second-order valence-electron chi connectivity index (χ2n) is 1.96. The summed E-state index contributed by atoms with van der Waals surface area (Å²) in [5.74, 6) is -2.88. The van der Waals surface area contributed by atoms with Gasteiger partial charge in [0.15, 0.2) is 0 Å². The van der Waals surface area contributed by atoms with Crippen molar-refractivity contribution in [3.05, 3.63) is 18.2 Å². The zero-order chi connectivity index (χ0) is 8.97. The van der Waals surface area contributed by atoms with Crippen LogP contribution in [0.15, 0.2) is 12.5 Å². The monoisotopic (exact) mass is 170 g/mol. The van der Waals surface area contributed by atoms with Gasteiger partial charge in [-0.25, -0.2) is 14.6 Å². The molecule has 6 heteroatoms. The molecule has 0 bridgehead atoms. The Morgan fingerprint density at radius 1 is 1.67 bits per heavy atom. The molecule has 64 valence electrons. The van der Waals surface area contributed by atoms with Crippen molar-refractivity contribution in [1.29, 1.82) is 0 Å². The molecule has 6 nitrogen and oxygen atoms in total. The lowest BCUT2D eigenvalue weighted by atomic mass is 10.5. The van der Waals surface area contributed by atoms with Gasteiger partial charge in [0, 0.05) is 0 Å². The topological polar surface area (TPSA) is 92.3 Å². The summed E-state index contributed by atoms with van der Waals surface area (Å²) in [6.45, 7) is -0.106. The van der Waals surface area contributed by atoms with Crippen molar-refractivity contribution in [1.82, 2.24) is 9.97 Å². The second kappa shape index (κ2) is 3.51. The van der Waals surface area contributed by atoms with E-state index >= 15 is 0 Å². The number of rotatable bonds is 2. The molecule has 0 aliphatic rings. The fourth-order valence-electron chi connectivity index (χ4n) is 0.569. The molecule has 0 amide bonds. The van der Waals surface area contributed by atoms with Gasteiger partial charge in [0.25, 0.3) is 0 Å². The van der Waals surface area contributed by atoms with E-state index in [2.05, 4.69) is 14.7 Å². The quantitative estimate of drug-likeness (QED) is 0.462. The Balaban J connectivity index is 2.37. The standard InChI is InChI=1S/C6H6N2O4/c9-5(10)6(11)12-2-4-1-7-3-8-4/h1,3H,2H2,(H,7,8)(H,9,10). The number of carboxylic acids is 1. The van der Waals surface area contributed by atoms with Crippen LogP contribution in [0.1, 0.15) is 5.69 Å². The van der Waals surface area contributed by atoms with Crippen LogP contribution in [0.4, 0.5) is 0 Å². The molecule has 0 aromatic carbocycles. The Hall–Kier alpha value is -1.85. The van der Waals surface area contributed by atoms with Crippen LogP contribution in [0.3, 0.4) is 0 Å². The van der Waals surface area contributed by atoms with E-state index in [0.29, 0.717) is 5.69 Å². The third kappa shape index (κ3) is 2.08. The molecular formula is C6H6N2O4. The summed E-state index contributed by atoms with van der Waals surface area (Å²) >= 11 is 0. The number of nitrogens with one attached hydrogen (secondary N) is 1. The van der Waals surface area contributed by atoms with Gasteiger partial charge in [0.1, 0.15) is 6.61 Å². The van der Waals surface area contributed by atoms with Gasteiger partial charge in [-0.15, -0.1) is 0 Å². The minimum absolute atomic E-state index is 0.106. The number of esters is 1. The summed E-state index contributed by atoms with van der Waals surface area (Å²) in [4.78, 5) is 26.6. The summed E-state index contributed by atoms with van der Waals surface area (Å²) in [6, 6.07) is 0. The molecule has 0 atom stereocenters. The van der Waals surface area contributed by atoms with E-state index in [9.17, 15) is 9.59 Å². The SMILES string of the molecule is O=C(O)C(=O)OCc1cnc[nH]1. The minimum atomic E-state index is -1.60. The molecule has 0 unspecified atom stereocenters. The fraction of sp³-hybridized carbons (Fsp3) is 0.167. The van der Waals surface area contributed by atoms with E-state index in [-0.39, 0.29) is 6.61 Å². The van der Waals surface area contributed by atoms with Gasteiger partial charge < -0.3 is 14.8 Å². The predicted octanol–water partition coefficient (Wildman–Crippen LogP) is -0.463. The molecule has 1 aromatic heterocycles. The van der Waals surface area contributed by atoms with Crippen LogP contribution in [0.2, 0.25) is 0 Å². The molecule has 1 heterocycles. The summed E-state index contributed by atoms with van der Waals surface area (Å²) < 4.78 is 4.34. The Kier molecular flexibility index (Phi) is 2.42. The number of hydrogen-bond donors (Lipinski definition) is 2. The second-order valence-corrected chi connectivity index (χ2v) is 1.96. The minimum Gasteiger partial charge on any atom is -0.473 e. The molecule has 0 saturated carbocycles. The maximum absolute atomic E-state index is 10.4. The highest BCUT2D eigenvalue weighted by molar-refractivity contribution is 6.28. The third-order valence-corrected chi connectivity index (χ3v) is 1.09. The van der Waals surface area contributed by atoms with E-state index in [1.807, 2.05) is 0 Å². The molecule has 0 aliphatic heterocycles.